The van der Waals surface area contributed by atoms with Gasteiger partial charge in [-0.05, 0) is 42.9 Å². The maximum absolute atomic E-state index is 13.9. The minimum atomic E-state index is -0.681. The van der Waals surface area contributed by atoms with E-state index in [1.54, 1.807) is 0 Å². The van der Waals surface area contributed by atoms with Crippen LogP contribution in [0.3, 0.4) is 0 Å². The van der Waals surface area contributed by atoms with Gasteiger partial charge < -0.3 is 9.47 Å². The summed E-state index contributed by atoms with van der Waals surface area (Å²) in [6.07, 6.45) is 2.77. The molecule has 200 valence electrons. The van der Waals surface area contributed by atoms with E-state index < -0.39 is 11.8 Å². The van der Waals surface area contributed by atoms with Crippen molar-refractivity contribution in [2.45, 2.75) is 58.0 Å². The zero-order valence-electron chi connectivity index (χ0n) is 22.6. The van der Waals surface area contributed by atoms with E-state index in [-0.39, 0.29) is 17.7 Å². The highest BCUT2D eigenvalue weighted by molar-refractivity contribution is 6.09. The number of para-hydroxylation sites is 1. The van der Waals surface area contributed by atoms with Gasteiger partial charge in [-0.3, -0.25) is 14.6 Å². The first kappa shape index (κ1) is 26.6. The average molecular weight is 522 g/mol. The van der Waals surface area contributed by atoms with E-state index in [4.69, 9.17) is 14.5 Å². The van der Waals surface area contributed by atoms with Gasteiger partial charge in [0.2, 0.25) is 0 Å². The molecule has 0 saturated carbocycles. The monoisotopic (exact) mass is 521 g/mol. The molecule has 0 saturated heterocycles. The molecule has 5 heteroatoms. The van der Waals surface area contributed by atoms with Crippen LogP contribution < -0.4 is 4.74 Å². The highest BCUT2D eigenvalue weighted by atomic mass is 16.5. The number of esters is 1. The number of ether oxygens (including phenoxy) is 2. The summed E-state index contributed by atoms with van der Waals surface area (Å²) in [6, 6.07) is 27.8. The summed E-state index contributed by atoms with van der Waals surface area (Å²) in [6.45, 7) is 4.69. The number of carbonyl (C=O) groups excluding carboxylic acids is 2. The number of hydrogen-bond acceptors (Lipinski definition) is 5. The van der Waals surface area contributed by atoms with Crippen molar-refractivity contribution in [1.29, 1.82) is 0 Å². The number of ketones is 1. The van der Waals surface area contributed by atoms with Crippen LogP contribution in [-0.2, 0) is 20.9 Å². The Balaban J connectivity index is 1.55. The third-order valence-electron chi connectivity index (χ3n) is 7.65. The molecule has 0 spiro atoms. The molecule has 0 N–H and O–H groups in total. The van der Waals surface area contributed by atoms with Gasteiger partial charge in [0.1, 0.15) is 18.3 Å². The number of carbonyl (C=O) groups is 2. The van der Waals surface area contributed by atoms with Crippen molar-refractivity contribution in [2.24, 2.45) is 10.9 Å². The number of benzene rings is 3. The first-order valence-corrected chi connectivity index (χ1v) is 13.9. The molecular formula is C34H35NO4. The predicted octanol–water partition coefficient (Wildman–Crippen LogP) is 7.18. The van der Waals surface area contributed by atoms with Crippen LogP contribution in [0.4, 0.5) is 0 Å². The molecule has 1 unspecified atom stereocenters. The highest BCUT2D eigenvalue weighted by Gasteiger charge is 2.45. The second kappa shape index (κ2) is 12.2. The molecule has 5 nitrogen and oxygen atoms in total. The molecule has 0 aromatic heterocycles. The van der Waals surface area contributed by atoms with Gasteiger partial charge in [0.15, 0.2) is 5.78 Å². The van der Waals surface area contributed by atoms with E-state index in [2.05, 4.69) is 19.1 Å². The van der Waals surface area contributed by atoms with Crippen LogP contribution in [0, 0.1) is 5.92 Å². The van der Waals surface area contributed by atoms with Crippen molar-refractivity contribution < 1.29 is 19.1 Å². The number of Topliss-reactive ketones (excluding diaryl/α,β-unsaturated/α-hetero) is 1. The summed E-state index contributed by atoms with van der Waals surface area (Å²) in [5.41, 5.74) is 5.08. The molecule has 39 heavy (non-hydrogen) atoms. The molecule has 0 radical (unpaired) electrons. The normalized spacial score (nSPS) is 20.7. The lowest BCUT2D eigenvalue weighted by Gasteiger charge is -2.37. The largest absolute Gasteiger partial charge is 0.489 e. The van der Waals surface area contributed by atoms with Crippen LogP contribution >= 0.6 is 0 Å². The molecule has 2 aliphatic rings. The van der Waals surface area contributed by atoms with Gasteiger partial charge in [-0.25, -0.2) is 0 Å². The summed E-state index contributed by atoms with van der Waals surface area (Å²) >= 11 is 0. The Morgan fingerprint density at radius 3 is 2.36 bits per heavy atom. The standard InChI is InChI=1S/C34H35NO4/c1-3-4-19-38-34(37)31-23(2)35-28-20-26(25-15-9-6-10-16-25)21-29(36)33(28)32(31)27-17-11-12-18-30(27)39-22-24-13-7-5-8-14-24/h5-18,26,31-32H,3-4,19-22H2,1-2H3/t26-,31?,32+/m1/s1. The molecule has 3 aromatic rings. The van der Waals surface area contributed by atoms with Crippen LogP contribution in [0.1, 0.15) is 68.1 Å². The molecule has 0 bridgehead atoms. The van der Waals surface area contributed by atoms with E-state index in [1.165, 1.54) is 0 Å². The zero-order chi connectivity index (χ0) is 27.2. The number of nitrogens with zero attached hydrogens (tertiary/aromatic N) is 1. The van der Waals surface area contributed by atoms with Gasteiger partial charge in [-0.2, -0.15) is 0 Å². The van der Waals surface area contributed by atoms with Crippen molar-refractivity contribution in [3.63, 3.8) is 0 Å². The maximum atomic E-state index is 13.9. The van der Waals surface area contributed by atoms with Crippen molar-refractivity contribution in [3.8, 4) is 5.75 Å². The SMILES string of the molecule is CCCCOC(=O)C1C(C)=NC2=C(C(=O)C[C@H](c3ccccc3)C2)[C@H]1c1ccccc1OCc1ccccc1. The summed E-state index contributed by atoms with van der Waals surface area (Å²) in [5, 5.41) is 0. The van der Waals surface area contributed by atoms with E-state index in [1.807, 2.05) is 79.7 Å². The molecule has 3 atom stereocenters. The van der Waals surface area contributed by atoms with Crippen molar-refractivity contribution >= 4 is 17.5 Å². The lowest BCUT2D eigenvalue weighted by atomic mass is 9.69. The van der Waals surface area contributed by atoms with Gasteiger partial charge in [-0.15, -0.1) is 0 Å². The highest BCUT2D eigenvalue weighted by Crippen LogP contribution is 2.48. The van der Waals surface area contributed by atoms with Gasteiger partial charge in [0.25, 0.3) is 0 Å². The minimum Gasteiger partial charge on any atom is -0.489 e. The summed E-state index contributed by atoms with van der Waals surface area (Å²) < 4.78 is 12.0. The van der Waals surface area contributed by atoms with Crippen LogP contribution in [-0.4, -0.2) is 24.1 Å². The van der Waals surface area contributed by atoms with Crippen molar-refractivity contribution in [2.75, 3.05) is 6.61 Å². The first-order chi connectivity index (χ1) is 19.1. The second-order valence-corrected chi connectivity index (χ2v) is 10.3. The van der Waals surface area contributed by atoms with Gasteiger partial charge in [-0.1, -0.05) is 92.2 Å². The van der Waals surface area contributed by atoms with E-state index in [9.17, 15) is 9.59 Å². The fraction of sp³-hybridized carbons (Fsp3) is 0.324. The number of allylic oxidation sites excluding steroid dienone is 2. The Labute approximate surface area is 230 Å². The Kier molecular flexibility index (Phi) is 8.36. The average Bonchev–Trinajstić information content (AvgIpc) is 2.96. The number of rotatable bonds is 9. The lowest BCUT2D eigenvalue weighted by Crippen LogP contribution is -2.38. The van der Waals surface area contributed by atoms with E-state index in [0.717, 1.165) is 35.2 Å². The van der Waals surface area contributed by atoms with Gasteiger partial charge in [0.05, 0.1) is 6.61 Å². The molecule has 0 amide bonds. The number of aliphatic imine (C=N–C) groups is 1. The van der Waals surface area contributed by atoms with E-state index >= 15 is 0 Å². The van der Waals surface area contributed by atoms with Crippen LogP contribution in [0.2, 0.25) is 0 Å². The summed E-state index contributed by atoms with van der Waals surface area (Å²) in [7, 11) is 0. The third-order valence-corrected chi connectivity index (χ3v) is 7.65. The Morgan fingerprint density at radius 2 is 1.62 bits per heavy atom. The van der Waals surface area contributed by atoms with Gasteiger partial charge in [0, 0.05) is 34.9 Å². The molecule has 1 aliphatic heterocycles. The quantitative estimate of drug-likeness (QED) is 0.221. The summed E-state index contributed by atoms with van der Waals surface area (Å²) in [4.78, 5) is 32.3. The van der Waals surface area contributed by atoms with Crippen LogP contribution in [0.15, 0.2) is 101 Å². The number of unbranched alkanes of at least 4 members (excludes halogenated alkanes) is 1. The fourth-order valence-corrected chi connectivity index (χ4v) is 5.67. The van der Waals surface area contributed by atoms with E-state index in [0.29, 0.717) is 43.1 Å². The summed E-state index contributed by atoms with van der Waals surface area (Å²) in [5.74, 6) is -0.765. The molecule has 1 heterocycles. The lowest BCUT2D eigenvalue weighted by molar-refractivity contribution is -0.146. The molecular weight excluding hydrogens is 486 g/mol. The third kappa shape index (κ3) is 5.88. The smallest absolute Gasteiger partial charge is 0.315 e. The molecule has 1 aliphatic carbocycles. The minimum absolute atomic E-state index is 0.0376. The molecule has 5 rings (SSSR count). The topological polar surface area (TPSA) is 65.0 Å². The second-order valence-electron chi connectivity index (χ2n) is 10.3. The van der Waals surface area contributed by atoms with Crippen molar-refractivity contribution in [3.05, 3.63) is 113 Å². The number of hydrogen-bond donors (Lipinski definition) is 0. The zero-order valence-corrected chi connectivity index (χ0v) is 22.6. The maximum Gasteiger partial charge on any atom is 0.315 e. The fourth-order valence-electron chi connectivity index (χ4n) is 5.67. The Morgan fingerprint density at radius 1 is 0.923 bits per heavy atom. The van der Waals surface area contributed by atoms with Crippen molar-refractivity contribution in [1.82, 2.24) is 0 Å². The Hall–Kier alpha value is -3.99. The Bertz CT molecular complexity index is 1380. The molecule has 3 aromatic carbocycles. The first-order valence-electron chi connectivity index (χ1n) is 13.9. The molecule has 0 fully saturated rings. The van der Waals surface area contributed by atoms with Crippen LogP contribution in [0.5, 0.6) is 5.75 Å². The predicted molar refractivity (Wildman–Crippen MR) is 153 cm³/mol. The van der Waals surface area contributed by atoms with Crippen LogP contribution in [0.25, 0.3) is 0 Å². The van der Waals surface area contributed by atoms with Gasteiger partial charge >= 0.3 is 5.97 Å².